The van der Waals surface area contributed by atoms with Crippen molar-refractivity contribution in [3.8, 4) is 33.8 Å². The van der Waals surface area contributed by atoms with E-state index in [1.807, 2.05) is 24.3 Å². The number of H-pyrrole nitrogens is 2. The van der Waals surface area contributed by atoms with E-state index >= 15 is 0 Å². The fraction of sp³-hybridized carbons (Fsp3) is 0.242. The molecule has 1 aliphatic rings. The number of amides is 1. The van der Waals surface area contributed by atoms with Gasteiger partial charge in [-0.05, 0) is 66.8 Å². The molecule has 0 spiro atoms. The first-order chi connectivity index (χ1) is 21.7. The molecule has 0 saturated heterocycles. The van der Waals surface area contributed by atoms with Gasteiger partial charge in [-0.3, -0.25) is 19.9 Å². The van der Waals surface area contributed by atoms with Crippen LogP contribution in [0.15, 0.2) is 67.3 Å². The van der Waals surface area contributed by atoms with Crippen molar-refractivity contribution < 1.29 is 17.6 Å². The van der Waals surface area contributed by atoms with Crippen molar-refractivity contribution in [3.63, 3.8) is 0 Å². The Kier molecular flexibility index (Phi) is 7.36. The molecule has 10 nitrogen and oxygen atoms in total. The van der Waals surface area contributed by atoms with E-state index < -0.39 is 15.7 Å². The maximum Gasteiger partial charge on any atom is 0.227 e. The molecule has 1 aliphatic carbocycles. The molecule has 6 aromatic rings. The highest BCUT2D eigenvalue weighted by molar-refractivity contribution is 7.90. The van der Waals surface area contributed by atoms with Crippen LogP contribution in [0, 0.1) is 11.7 Å². The summed E-state index contributed by atoms with van der Waals surface area (Å²) in [7, 11) is -3.19. The van der Waals surface area contributed by atoms with Gasteiger partial charge in [0.25, 0.3) is 0 Å². The van der Waals surface area contributed by atoms with Gasteiger partial charge < -0.3 is 10.3 Å². The number of rotatable bonds is 8. The molecule has 0 unspecified atom stereocenters. The predicted molar refractivity (Wildman–Crippen MR) is 172 cm³/mol. The van der Waals surface area contributed by atoms with E-state index in [1.54, 1.807) is 30.9 Å². The molecule has 5 heterocycles. The number of pyridine rings is 3. The molecule has 0 radical (unpaired) electrons. The molecule has 7 rings (SSSR count). The minimum absolute atomic E-state index is 0.0306. The summed E-state index contributed by atoms with van der Waals surface area (Å²) in [6, 6.07) is 12.2. The fourth-order valence-corrected chi connectivity index (χ4v) is 6.60. The molecule has 0 bridgehead atoms. The Morgan fingerprint density at radius 1 is 0.978 bits per heavy atom. The molecule has 228 valence electrons. The van der Waals surface area contributed by atoms with Gasteiger partial charge in [0.05, 0.1) is 46.3 Å². The highest BCUT2D eigenvalue weighted by Gasteiger charge is 2.23. The van der Waals surface area contributed by atoms with Crippen molar-refractivity contribution in [1.82, 2.24) is 30.1 Å². The molecule has 1 aromatic carbocycles. The summed E-state index contributed by atoms with van der Waals surface area (Å²) in [6.07, 6.45) is 12.1. The molecular weight excluding hydrogens is 593 g/mol. The van der Waals surface area contributed by atoms with Crippen LogP contribution in [0.25, 0.3) is 55.7 Å². The lowest BCUT2D eigenvalue weighted by Crippen LogP contribution is -2.20. The Morgan fingerprint density at radius 3 is 2.62 bits per heavy atom. The number of nitrogens with zero attached hydrogens (tertiary/aromatic N) is 4. The van der Waals surface area contributed by atoms with Gasteiger partial charge >= 0.3 is 0 Å². The molecule has 1 amide bonds. The lowest BCUT2D eigenvalue weighted by Gasteiger charge is -2.11. The van der Waals surface area contributed by atoms with Crippen molar-refractivity contribution in [2.24, 2.45) is 5.92 Å². The topological polar surface area (TPSA) is 146 Å². The Labute approximate surface area is 258 Å². The number of halogens is 1. The second kappa shape index (κ2) is 11.5. The molecule has 3 N–H and O–H groups in total. The van der Waals surface area contributed by atoms with Crippen LogP contribution in [0.2, 0.25) is 0 Å². The summed E-state index contributed by atoms with van der Waals surface area (Å²) < 4.78 is 38.0. The zero-order valence-corrected chi connectivity index (χ0v) is 25.3. The number of aromatic nitrogens is 6. The number of nitrogens with one attached hydrogen (secondary N) is 3. The molecule has 0 aliphatic heterocycles. The summed E-state index contributed by atoms with van der Waals surface area (Å²) in [4.78, 5) is 29.7. The second-order valence-electron chi connectivity index (χ2n) is 11.7. The first-order valence-corrected chi connectivity index (χ1v) is 16.8. The molecule has 12 heteroatoms. The van der Waals surface area contributed by atoms with Crippen LogP contribution < -0.4 is 5.32 Å². The second-order valence-corrected chi connectivity index (χ2v) is 13.9. The Balaban J connectivity index is 1.22. The average Bonchev–Trinajstić information content (AvgIpc) is 3.79. The van der Waals surface area contributed by atoms with Gasteiger partial charge in [0.15, 0.2) is 0 Å². The van der Waals surface area contributed by atoms with Crippen molar-refractivity contribution in [2.75, 3.05) is 17.3 Å². The van der Waals surface area contributed by atoms with E-state index in [9.17, 15) is 17.6 Å². The monoisotopic (exact) mass is 623 g/mol. The van der Waals surface area contributed by atoms with Gasteiger partial charge in [-0.15, -0.1) is 0 Å². The maximum atomic E-state index is 14.6. The average molecular weight is 624 g/mol. The van der Waals surface area contributed by atoms with Crippen LogP contribution in [-0.4, -0.2) is 56.5 Å². The molecule has 1 fully saturated rings. The first kappa shape index (κ1) is 28.8. The number of hydrogen-bond donors (Lipinski definition) is 3. The number of hydrogen-bond acceptors (Lipinski definition) is 7. The normalized spacial score (nSPS) is 14.0. The smallest absolute Gasteiger partial charge is 0.227 e. The third kappa shape index (κ3) is 6.05. The highest BCUT2D eigenvalue weighted by Crippen LogP contribution is 2.35. The maximum absolute atomic E-state index is 14.6. The van der Waals surface area contributed by atoms with Crippen LogP contribution in [0.1, 0.15) is 31.2 Å². The summed E-state index contributed by atoms with van der Waals surface area (Å²) in [6.45, 7) is 0. The largest absolute Gasteiger partial charge is 0.352 e. The lowest BCUT2D eigenvalue weighted by atomic mass is 10.0. The third-order valence-corrected chi connectivity index (χ3v) is 9.21. The molecule has 45 heavy (non-hydrogen) atoms. The number of aryl methyl sites for hydroxylation is 1. The minimum atomic E-state index is -3.19. The summed E-state index contributed by atoms with van der Waals surface area (Å²) in [5.74, 6) is -0.437. The van der Waals surface area contributed by atoms with Crippen molar-refractivity contribution in [1.29, 1.82) is 0 Å². The number of anilines is 1. The van der Waals surface area contributed by atoms with E-state index in [2.05, 4.69) is 30.5 Å². The Morgan fingerprint density at radius 2 is 1.80 bits per heavy atom. The van der Waals surface area contributed by atoms with Crippen molar-refractivity contribution in [2.45, 2.75) is 32.1 Å². The summed E-state index contributed by atoms with van der Waals surface area (Å²) in [5, 5.41) is 11.4. The quantitative estimate of drug-likeness (QED) is 0.186. The fourth-order valence-electron chi connectivity index (χ4n) is 5.99. The standard InChI is InChI=1S/C33H30FN7O3S/c1-45(43,44)9-8-19-10-21(12-23(34)11-19)26-17-36-18-30-25(26)14-29(38-30)32-31-28(40-41-32)7-6-27(39-31)22-13-24(16-35-15-22)37-33(42)20-4-2-3-5-20/h6-7,10-18,20,38H,2-5,8-9H2,1H3,(H,37,42)(H,40,41). The number of fused-ring (bicyclic) bond motifs is 2. The number of carbonyl (C=O) groups is 1. The zero-order valence-electron chi connectivity index (χ0n) is 24.5. The van der Waals surface area contributed by atoms with Crippen LogP contribution >= 0.6 is 0 Å². The zero-order chi connectivity index (χ0) is 31.1. The van der Waals surface area contributed by atoms with Crippen LogP contribution in [-0.2, 0) is 21.1 Å². The SMILES string of the molecule is CS(=O)(=O)CCc1cc(F)cc(-c2cncc3[nH]c(-c4n[nH]c5ccc(-c6cncc(NC(=O)C7CCCC7)c6)nc45)cc23)c1. The Hall–Kier alpha value is -4.97. The molecule has 5 aromatic heterocycles. The number of sulfone groups is 1. The minimum Gasteiger partial charge on any atom is -0.352 e. The Bertz CT molecular complexity index is 2190. The van der Waals surface area contributed by atoms with E-state index in [0.717, 1.165) is 47.7 Å². The number of carbonyl (C=O) groups excluding carboxylic acids is 1. The summed E-state index contributed by atoms with van der Waals surface area (Å²) >= 11 is 0. The van der Waals surface area contributed by atoms with Gasteiger partial charge in [0, 0.05) is 41.1 Å². The lowest BCUT2D eigenvalue weighted by molar-refractivity contribution is -0.119. The van der Waals surface area contributed by atoms with E-state index in [4.69, 9.17) is 4.98 Å². The van der Waals surface area contributed by atoms with Crippen LogP contribution in [0.5, 0.6) is 0 Å². The van der Waals surface area contributed by atoms with Gasteiger partial charge in [-0.25, -0.2) is 17.8 Å². The van der Waals surface area contributed by atoms with Crippen LogP contribution in [0.4, 0.5) is 10.1 Å². The third-order valence-electron chi connectivity index (χ3n) is 8.27. The number of aromatic amines is 2. The van der Waals surface area contributed by atoms with Gasteiger partial charge in [0.1, 0.15) is 26.9 Å². The van der Waals surface area contributed by atoms with Crippen LogP contribution in [0.3, 0.4) is 0 Å². The number of benzene rings is 1. The van der Waals surface area contributed by atoms with E-state index in [1.165, 1.54) is 18.4 Å². The van der Waals surface area contributed by atoms with Gasteiger partial charge in [-0.1, -0.05) is 18.9 Å². The van der Waals surface area contributed by atoms with Gasteiger partial charge in [-0.2, -0.15) is 5.10 Å². The van der Waals surface area contributed by atoms with Gasteiger partial charge in [0.2, 0.25) is 5.91 Å². The highest BCUT2D eigenvalue weighted by atomic mass is 32.2. The van der Waals surface area contributed by atoms with E-state index in [-0.39, 0.29) is 24.0 Å². The predicted octanol–water partition coefficient (Wildman–Crippen LogP) is 6.09. The molecule has 1 saturated carbocycles. The van der Waals surface area contributed by atoms with E-state index in [0.29, 0.717) is 45.0 Å². The van der Waals surface area contributed by atoms with Crippen molar-refractivity contribution in [3.05, 3.63) is 78.6 Å². The van der Waals surface area contributed by atoms with Crippen molar-refractivity contribution >= 4 is 43.4 Å². The molecular formula is C33H30FN7O3S. The molecule has 0 atom stereocenters. The first-order valence-electron chi connectivity index (χ1n) is 14.8. The summed E-state index contributed by atoms with van der Waals surface area (Å²) in [5.41, 5.74) is 7.36.